The van der Waals surface area contributed by atoms with Crippen molar-refractivity contribution in [3.8, 4) is 5.75 Å². The summed E-state index contributed by atoms with van der Waals surface area (Å²) >= 11 is -0.201. The molecule has 0 bridgehead atoms. The topological polar surface area (TPSA) is 40.5 Å². The van der Waals surface area contributed by atoms with E-state index < -0.39 is 5.51 Å². The van der Waals surface area contributed by atoms with Gasteiger partial charge in [-0.3, -0.25) is 4.79 Å². The Bertz CT molecular complexity index is 729. The molecule has 114 valence electrons. The molecule has 7 heteroatoms. The zero-order valence-electron chi connectivity index (χ0n) is 11.1. The van der Waals surface area contributed by atoms with E-state index in [1.807, 2.05) is 0 Å². The number of fused-ring (bicyclic) bond motifs is 1. The Kier molecular flexibility index (Phi) is 3.52. The summed E-state index contributed by atoms with van der Waals surface area (Å²) < 4.78 is 36.9. The lowest BCUT2D eigenvalue weighted by Gasteiger charge is -2.16. The fraction of sp³-hybridized carbons (Fsp3) is 0.133. The summed E-state index contributed by atoms with van der Waals surface area (Å²) in [7, 11) is 0. The number of amides is 1. The van der Waals surface area contributed by atoms with E-state index in [1.54, 1.807) is 12.1 Å². The first-order valence-corrected chi connectivity index (χ1v) is 7.15. The molecule has 0 unspecified atom stereocenters. The second-order valence-electron chi connectivity index (χ2n) is 4.74. The zero-order valence-corrected chi connectivity index (χ0v) is 11.9. The molecule has 0 saturated carbocycles. The van der Waals surface area contributed by atoms with Crippen LogP contribution in [-0.2, 0) is 6.54 Å². The third-order valence-electron chi connectivity index (χ3n) is 3.33. The number of aromatic hydroxyl groups is 1. The number of rotatable bonds is 2. The normalized spacial score (nSPS) is 14.3. The van der Waals surface area contributed by atoms with Gasteiger partial charge in [-0.25, -0.2) is 0 Å². The summed E-state index contributed by atoms with van der Waals surface area (Å²) in [6, 6.07) is 10.3. The zero-order chi connectivity index (χ0) is 15.9. The van der Waals surface area contributed by atoms with E-state index in [0.29, 0.717) is 16.8 Å². The van der Waals surface area contributed by atoms with Gasteiger partial charge >= 0.3 is 5.51 Å². The molecule has 0 aliphatic carbocycles. The van der Waals surface area contributed by atoms with Crippen molar-refractivity contribution in [3.05, 3.63) is 53.6 Å². The second kappa shape index (κ2) is 5.24. The molecule has 0 fully saturated rings. The van der Waals surface area contributed by atoms with Crippen LogP contribution >= 0.6 is 11.8 Å². The number of thioether (sulfide) groups is 1. The Labute approximate surface area is 128 Å². The lowest BCUT2D eigenvalue weighted by Crippen LogP contribution is -2.22. The number of nitrogens with zero attached hydrogens (tertiary/aromatic N) is 1. The van der Waals surface area contributed by atoms with E-state index in [9.17, 15) is 23.1 Å². The molecule has 0 radical (unpaired) electrons. The monoisotopic (exact) mass is 325 g/mol. The summed E-state index contributed by atoms with van der Waals surface area (Å²) in [6.07, 6.45) is 0. The van der Waals surface area contributed by atoms with Crippen molar-refractivity contribution in [2.45, 2.75) is 16.9 Å². The summed E-state index contributed by atoms with van der Waals surface area (Å²) in [4.78, 5) is 13.8. The van der Waals surface area contributed by atoms with E-state index in [4.69, 9.17) is 0 Å². The predicted molar refractivity (Wildman–Crippen MR) is 77.0 cm³/mol. The van der Waals surface area contributed by atoms with E-state index in [2.05, 4.69) is 0 Å². The molecule has 0 atom stereocenters. The summed E-state index contributed by atoms with van der Waals surface area (Å²) in [5.74, 6) is -0.236. The number of phenols is 1. The molecule has 1 amide bonds. The average molecular weight is 325 g/mol. The van der Waals surface area contributed by atoms with Crippen LogP contribution in [0.2, 0.25) is 0 Å². The molecule has 2 aromatic rings. The van der Waals surface area contributed by atoms with Gasteiger partial charge in [-0.05, 0) is 48.2 Å². The van der Waals surface area contributed by atoms with E-state index in [0.717, 1.165) is 0 Å². The summed E-state index contributed by atoms with van der Waals surface area (Å²) in [5, 5.41) is 9.78. The number of anilines is 1. The molecule has 1 aliphatic rings. The van der Waals surface area contributed by atoms with Gasteiger partial charge in [0.15, 0.2) is 0 Å². The van der Waals surface area contributed by atoms with Crippen LogP contribution in [0.1, 0.15) is 15.9 Å². The van der Waals surface area contributed by atoms with Crippen molar-refractivity contribution in [1.82, 2.24) is 0 Å². The maximum Gasteiger partial charge on any atom is 0.446 e. The third-order valence-corrected chi connectivity index (χ3v) is 4.06. The summed E-state index contributed by atoms with van der Waals surface area (Å²) in [6.45, 7) is 0.201. The Hall–Kier alpha value is -2.15. The molecule has 0 spiro atoms. The standard InChI is InChI=1S/C15H10F3NO2S/c16-15(17,18)22-10-6-4-9(5-7-10)19-8-12-11(14(19)21)2-1-3-13(12)20/h1-7,20H,8H2. The van der Waals surface area contributed by atoms with E-state index >= 15 is 0 Å². The number of carbonyl (C=O) groups excluding carboxylic acids is 1. The van der Waals surface area contributed by atoms with Gasteiger partial charge in [0, 0.05) is 21.7 Å². The quantitative estimate of drug-likeness (QED) is 0.843. The fourth-order valence-electron chi connectivity index (χ4n) is 2.35. The van der Waals surface area contributed by atoms with Crippen LogP contribution in [0.5, 0.6) is 5.75 Å². The molecule has 1 aliphatic heterocycles. The Morgan fingerprint density at radius 2 is 1.77 bits per heavy atom. The van der Waals surface area contributed by atoms with Gasteiger partial charge in [-0.1, -0.05) is 6.07 Å². The van der Waals surface area contributed by atoms with Gasteiger partial charge in [0.25, 0.3) is 5.91 Å². The number of phenolic OH excluding ortho intramolecular Hbond substituents is 1. The second-order valence-corrected chi connectivity index (χ2v) is 5.87. The van der Waals surface area contributed by atoms with Crippen LogP contribution in [0.3, 0.4) is 0 Å². The van der Waals surface area contributed by atoms with Crippen molar-refractivity contribution in [1.29, 1.82) is 0 Å². The molecular formula is C15H10F3NO2S. The smallest absolute Gasteiger partial charge is 0.446 e. The van der Waals surface area contributed by atoms with Crippen LogP contribution < -0.4 is 4.90 Å². The molecule has 3 rings (SSSR count). The van der Waals surface area contributed by atoms with Crippen molar-refractivity contribution in [3.63, 3.8) is 0 Å². The lowest BCUT2D eigenvalue weighted by atomic mass is 10.1. The van der Waals surface area contributed by atoms with Gasteiger partial charge in [-0.15, -0.1) is 0 Å². The highest BCUT2D eigenvalue weighted by Crippen LogP contribution is 2.38. The number of hydrogen-bond acceptors (Lipinski definition) is 3. The number of halogens is 3. The molecule has 0 saturated heterocycles. The van der Waals surface area contributed by atoms with E-state index in [1.165, 1.54) is 35.2 Å². The number of hydrogen-bond donors (Lipinski definition) is 1. The Balaban J connectivity index is 1.85. The molecule has 2 aromatic carbocycles. The molecule has 1 heterocycles. The van der Waals surface area contributed by atoms with Gasteiger partial charge in [0.05, 0.1) is 6.54 Å². The first-order chi connectivity index (χ1) is 10.3. The van der Waals surface area contributed by atoms with Crippen LogP contribution in [0.4, 0.5) is 18.9 Å². The van der Waals surface area contributed by atoms with Crippen LogP contribution in [0, 0.1) is 0 Å². The van der Waals surface area contributed by atoms with Gasteiger partial charge in [-0.2, -0.15) is 13.2 Å². The van der Waals surface area contributed by atoms with E-state index in [-0.39, 0.29) is 34.9 Å². The number of benzene rings is 2. The van der Waals surface area contributed by atoms with Crippen molar-refractivity contribution in [2.75, 3.05) is 4.90 Å². The molecule has 22 heavy (non-hydrogen) atoms. The SMILES string of the molecule is O=C1c2cccc(O)c2CN1c1ccc(SC(F)(F)F)cc1. The van der Waals surface area contributed by atoms with Gasteiger partial charge in [0.2, 0.25) is 0 Å². The minimum absolute atomic E-state index is 0.0394. The fourth-order valence-corrected chi connectivity index (χ4v) is 2.89. The molecule has 0 aromatic heterocycles. The predicted octanol–water partition coefficient (Wildman–Crippen LogP) is 4.16. The van der Waals surface area contributed by atoms with Crippen molar-refractivity contribution >= 4 is 23.4 Å². The number of alkyl halides is 3. The summed E-state index contributed by atoms with van der Waals surface area (Å²) in [5.41, 5.74) is -2.91. The Morgan fingerprint density at radius 1 is 1.09 bits per heavy atom. The van der Waals surface area contributed by atoms with Gasteiger partial charge < -0.3 is 10.0 Å². The first kappa shape index (κ1) is 14.8. The first-order valence-electron chi connectivity index (χ1n) is 6.34. The average Bonchev–Trinajstić information content (AvgIpc) is 2.77. The van der Waals surface area contributed by atoms with Gasteiger partial charge in [0.1, 0.15) is 5.75 Å². The minimum Gasteiger partial charge on any atom is -0.508 e. The van der Waals surface area contributed by atoms with Crippen molar-refractivity contribution in [2.24, 2.45) is 0 Å². The van der Waals surface area contributed by atoms with Crippen LogP contribution in [-0.4, -0.2) is 16.5 Å². The molecular weight excluding hydrogens is 315 g/mol. The highest BCUT2D eigenvalue weighted by molar-refractivity contribution is 8.00. The maximum atomic E-state index is 12.3. The van der Waals surface area contributed by atoms with Crippen LogP contribution in [0.15, 0.2) is 47.4 Å². The Morgan fingerprint density at radius 3 is 2.36 bits per heavy atom. The largest absolute Gasteiger partial charge is 0.508 e. The van der Waals surface area contributed by atoms with Crippen LogP contribution in [0.25, 0.3) is 0 Å². The molecule has 3 nitrogen and oxygen atoms in total. The highest BCUT2D eigenvalue weighted by Gasteiger charge is 2.31. The number of carbonyl (C=O) groups is 1. The van der Waals surface area contributed by atoms with Crippen molar-refractivity contribution < 1.29 is 23.1 Å². The maximum absolute atomic E-state index is 12.3. The minimum atomic E-state index is -4.34. The highest BCUT2D eigenvalue weighted by atomic mass is 32.2. The third kappa shape index (κ3) is 2.76. The lowest BCUT2D eigenvalue weighted by molar-refractivity contribution is -0.0328. The molecule has 1 N–H and O–H groups in total.